The molecule has 3 nitrogen and oxygen atoms in total. The van der Waals surface area contributed by atoms with Crippen molar-refractivity contribution in [1.82, 2.24) is 0 Å². The van der Waals surface area contributed by atoms with Crippen molar-refractivity contribution < 1.29 is 9.59 Å². The molecule has 26 heavy (non-hydrogen) atoms. The van der Waals surface area contributed by atoms with Crippen LogP contribution in [0.15, 0.2) is 42.5 Å². The van der Waals surface area contributed by atoms with Crippen molar-refractivity contribution >= 4 is 28.2 Å². The minimum Gasteiger partial charge on any atom is -0.312 e. The second-order valence-electron chi connectivity index (χ2n) is 8.69. The van der Waals surface area contributed by atoms with Gasteiger partial charge in [0.2, 0.25) is 5.91 Å². The van der Waals surface area contributed by atoms with Crippen LogP contribution in [0.25, 0.3) is 10.8 Å². The predicted molar refractivity (Wildman–Crippen MR) is 105 cm³/mol. The Bertz CT molecular complexity index is 910. The van der Waals surface area contributed by atoms with Gasteiger partial charge < -0.3 is 4.90 Å². The molecule has 0 aliphatic heterocycles. The van der Waals surface area contributed by atoms with Gasteiger partial charge in [-0.05, 0) is 36.6 Å². The molecular weight excluding hydrogens is 322 g/mol. The summed E-state index contributed by atoms with van der Waals surface area (Å²) in [4.78, 5) is 28.6. The monoisotopic (exact) mass is 349 g/mol. The maximum Gasteiger partial charge on any atom is 0.234 e. The molecule has 2 aromatic rings. The van der Waals surface area contributed by atoms with E-state index in [2.05, 4.69) is 39.0 Å². The van der Waals surface area contributed by atoms with Crippen LogP contribution in [0.1, 0.15) is 47.0 Å². The summed E-state index contributed by atoms with van der Waals surface area (Å²) in [6.07, 6.45) is 2.01. The molecular formula is C23H27NO2. The number of ketones is 1. The van der Waals surface area contributed by atoms with Crippen LogP contribution in [0.2, 0.25) is 0 Å². The van der Waals surface area contributed by atoms with Crippen LogP contribution in [-0.2, 0) is 9.59 Å². The standard InChI is InChI=1S/C23H27NO2/c1-5-24(18-12-8-10-16-9-6-7-11-17(16)18)20(26)23-14-13-22(4,19(25)15-23)21(23,2)3/h6-12H,5,13-15H2,1-4H3/t22-,23+/m1/s1. The Balaban J connectivity index is 1.83. The first-order valence-electron chi connectivity index (χ1n) is 9.61. The van der Waals surface area contributed by atoms with Gasteiger partial charge in [-0.1, -0.05) is 57.2 Å². The zero-order chi connectivity index (χ0) is 18.7. The van der Waals surface area contributed by atoms with Gasteiger partial charge in [-0.15, -0.1) is 0 Å². The topological polar surface area (TPSA) is 37.4 Å². The molecule has 1 amide bonds. The predicted octanol–water partition coefficient (Wildman–Crippen LogP) is 4.98. The molecule has 2 bridgehead atoms. The molecule has 3 heteroatoms. The number of hydrogen-bond donors (Lipinski definition) is 0. The molecule has 0 N–H and O–H groups in total. The lowest BCUT2D eigenvalue weighted by Crippen LogP contribution is -2.49. The molecule has 0 saturated heterocycles. The number of anilines is 1. The lowest BCUT2D eigenvalue weighted by molar-refractivity contribution is -0.134. The van der Waals surface area contributed by atoms with Gasteiger partial charge in [0.05, 0.1) is 11.1 Å². The number of fused-ring (bicyclic) bond motifs is 3. The van der Waals surface area contributed by atoms with Crippen molar-refractivity contribution in [3.8, 4) is 0 Å². The number of benzene rings is 2. The first-order chi connectivity index (χ1) is 12.3. The second-order valence-corrected chi connectivity index (χ2v) is 8.69. The summed E-state index contributed by atoms with van der Waals surface area (Å²) in [5, 5.41) is 2.22. The van der Waals surface area contributed by atoms with Crippen LogP contribution in [0.4, 0.5) is 5.69 Å². The smallest absolute Gasteiger partial charge is 0.234 e. The highest BCUT2D eigenvalue weighted by Crippen LogP contribution is 2.71. The van der Waals surface area contributed by atoms with Crippen molar-refractivity contribution in [2.75, 3.05) is 11.4 Å². The summed E-state index contributed by atoms with van der Waals surface area (Å²) in [6.45, 7) is 8.94. The van der Waals surface area contributed by atoms with Crippen LogP contribution in [0.5, 0.6) is 0 Å². The Morgan fingerprint density at radius 1 is 1.04 bits per heavy atom. The highest BCUT2D eigenvalue weighted by molar-refractivity contribution is 6.09. The van der Waals surface area contributed by atoms with E-state index in [-0.39, 0.29) is 22.5 Å². The molecule has 2 aromatic carbocycles. The van der Waals surface area contributed by atoms with E-state index in [0.29, 0.717) is 13.0 Å². The summed E-state index contributed by atoms with van der Waals surface area (Å²) in [7, 11) is 0. The number of carbonyl (C=O) groups is 2. The van der Waals surface area contributed by atoms with Gasteiger partial charge in [-0.3, -0.25) is 9.59 Å². The lowest BCUT2D eigenvalue weighted by atomic mass is 9.64. The molecule has 136 valence electrons. The van der Waals surface area contributed by atoms with Gasteiger partial charge >= 0.3 is 0 Å². The second kappa shape index (κ2) is 5.42. The minimum atomic E-state index is -0.578. The minimum absolute atomic E-state index is 0.121. The van der Waals surface area contributed by atoms with Crippen LogP contribution < -0.4 is 4.90 Å². The molecule has 0 aromatic heterocycles. The van der Waals surface area contributed by atoms with E-state index in [0.717, 1.165) is 29.3 Å². The van der Waals surface area contributed by atoms with Crippen LogP contribution in [-0.4, -0.2) is 18.2 Å². The lowest BCUT2D eigenvalue weighted by Gasteiger charge is -2.41. The number of hydrogen-bond acceptors (Lipinski definition) is 2. The summed E-state index contributed by atoms with van der Waals surface area (Å²) < 4.78 is 0. The Morgan fingerprint density at radius 3 is 2.35 bits per heavy atom. The third-order valence-electron chi connectivity index (χ3n) is 7.73. The highest BCUT2D eigenvalue weighted by Gasteiger charge is 2.73. The Morgan fingerprint density at radius 2 is 1.73 bits per heavy atom. The zero-order valence-corrected chi connectivity index (χ0v) is 16.1. The maximum absolute atomic E-state index is 13.9. The molecule has 2 fully saturated rings. The first-order valence-corrected chi connectivity index (χ1v) is 9.61. The van der Waals surface area contributed by atoms with Gasteiger partial charge in [0, 0.05) is 23.8 Å². The third-order valence-corrected chi connectivity index (χ3v) is 7.73. The SMILES string of the molecule is CCN(C(=O)[C@]12CC[C@](C)(C(=O)C1)C2(C)C)c1cccc2ccccc12. The highest BCUT2D eigenvalue weighted by atomic mass is 16.2. The zero-order valence-electron chi connectivity index (χ0n) is 16.1. The summed E-state index contributed by atoms with van der Waals surface area (Å²) in [6, 6.07) is 14.3. The van der Waals surface area contributed by atoms with E-state index < -0.39 is 5.41 Å². The quantitative estimate of drug-likeness (QED) is 0.784. The molecule has 2 saturated carbocycles. The largest absolute Gasteiger partial charge is 0.312 e. The van der Waals surface area contributed by atoms with E-state index in [4.69, 9.17) is 0 Å². The van der Waals surface area contributed by atoms with Crippen LogP contribution in [0.3, 0.4) is 0 Å². The number of nitrogens with zero attached hydrogens (tertiary/aromatic N) is 1. The summed E-state index contributed by atoms with van der Waals surface area (Å²) in [5.41, 5.74) is -0.313. The molecule has 2 aliphatic rings. The molecule has 0 radical (unpaired) electrons. The average molecular weight is 349 g/mol. The molecule has 0 unspecified atom stereocenters. The Labute approximate surface area is 155 Å². The van der Waals surface area contributed by atoms with Crippen molar-refractivity contribution in [2.45, 2.75) is 47.0 Å². The van der Waals surface area contributed by atoms with E-state index in [1.165, 1.54) is 0 Å². The van der Waals surface area contributed by atoms with E-state index in [1.807, 2.05) is 36.1 Å². The first kappa shape index (κ1) is 17.3. The molecule has 2 aliphatic carbocycles. The maximum atomic E-state index is 13.9. The van der Waals surface area contributed by atoms with Crippen molar-refractivity contribution in [1.29, 1.82) is 0 Å². The summed E-state index contributed by atoms with van der Waals surface area (Å²) in [5.74, 6) is 0.381. The molecule has 0 heterocycles. The van der Waals surface area contributed by atoms with E-state index in [9.17, 15) is 9.59 Å². The number of amides is 1. The Kier molecular flexibility index (Phi) is 3.60. The van der Waals surface area contributed by atoms with E-state index >= 15 is 0 Å². The van der Waals surface area contributed by atoms with Crippen molar-refractivity contribution in [3.63, 3.8) is 0 Å². The van der Waals surface area contributed by atoms with E-state index in [1.54, 1.807) is 0 Å². The molecule has 0 spiro atoms. The van der Waals surface area contributed by atoms with Crippen molar-refractivity contribution in [2.24, 2.45) is 16.2 Å². The molecule has 4 rings (SSSR count). The fourth-order valence-electron chi connectivity index (χ4n) is 5.46. The third kappa shape index (κ3) is 1.89. The van der Waals surface area contributed by atoms with Gasteiger partial charge in [0.1, 0.15) is 5.78 Å². The van der Waals surface area contributed by atoms with Crippen molar-refractivity contribution in [3.05, 3.63) is 42.5 Å². The normalized spacial score (nSPS) is 29.3. The summed E-state index contributed by atoms with van der Waals surface area (Å²) >= 11 is 0. The van der Waals surface area contributed by atoms with Gasteiger partial charge in [0.25, 0.3) is 0 Å². The van der Waals surface area contributed by atoms with Gasteiger partial charge in [0.15, 0.2) is 0 Å². The number of Topliss-reactive ketones (excluding diaryl/α,β-unsaturated/α-hetero) is 1. The number of carbonyl (C=O) groups excluding carboxylic acids is 2. The molecule has 2 atom stereocenters. The fourth-order valence-corrected chi connectivity index (χ4v) is 5.46. The van der Waals surface area contributed by atoms with Gasteiger partial charge in [-0.25, -0.2) is 0 Å². The van der Waals surface area contributed by atoms with Crippen LogP contribution >= 0.6 is 0 Å². The fraction of sp³-hybridized carbons (Fsp3) is 0.478. The van der Waals surface area contributed by atoms with Crippen LogP contribution in [0, 0.1) is 16.2 Å². The number of rotatable bonds is 3. The Hall–Kier alpha value is -2.16. The average Bonchev–Trinajstić information content (AvgIpc) is 2.93. The van der Waals surface area contributed by atoms with Gasteiger partial charge in [-0.2, -0.15) is 0 Å².